The van der Waals surface area contributed by atoms with Gasteiger partial charge in [0.15, 0.2) is 6.67 Å². The smallest absolute Gasteiger partial charge is 0.338 e. The highest BCUT2D eigenvalue weighted by atomic mass is 32.1. The van der Waals surface area contributed by atoms with E-state index in [4.69, 9.17) is 4.74 Å². The highest BCUT2D eigenvalue weighted by Gasteiger charge is 2.45. The van der Waals surface area contributed by atoms with Crippen LogP contribution in [0.4, 0.5) is 4.79 Å². The molecule has 2 heterocycles. The Morgan fingerprint density at radius 1 is 1.04 bits per heavy atom. The molecular formula is C20H24N3O4S+. The minimum Gasteiger partial charge on any atom is -0.494 e. The molecule has 7 nitrogen and oxygen atoms in total. The van der Waals surface area contributed by atoms with Crippen LogP contribution < -0.4 is 9.64 Å². The fourth-order valence-corrected chi connectivity index (χ4v) is 3.81. The second-order valence-corrected chi connectivity index (χ2v) is 7.70. The highest BCUT2D eigenvalue weighted by molar-refractivity contribution is 7.09. The maximum absolute atomic E-state index is 12.6. The van der Waals surface area contributed by atoms with E-state index in [0.29, 0.717) is 19.6 Å². The zero-order valence-electron chi connectivity index (χ0n) is 16.0. The van der Waals surface area contributed by atoms with Crippen LogP contribution in [-0.4, -0.2) is 54.5 Å². The van der Waals surface area contributed by atoms with E-state index in [2.05, 4.69) is 0 Å². The first-order chi connectivity index (χ1) is 13.5. The average Bonchev–Trinajstić information content (AvgIpc) is 3.26. The van der Waals surface area contributed by atoms with Gasteiger partial charge in [-0.3, -0.25) is 14.5 Å². The lowest BCUT2D eigenvalue weighted by molar-refractivity contribution is -0.901. The number of quaternary nitrogens is 1. The van der Waals surface area contributed by atoms with Crippen molar-refractivity contribution in [2.45, 2.75) is 19.9 Å². The number of hydrogen-bond acceptors (Lipinski definition) is 5. The Kier molecular flexibility index (Phi) is 6.43. The monoisotopic (exact) mass is 402 g/mol. The van der Waals surface area contributed by atoms with E-state index in [-0.39, 0.29) is 13.2 Å². The van der Waals surface area contributed by atoms with E-state index < -0.39 is 17.8 Å². The van der Waals surface area contributed by atoms with E-state index >= 15 is 0 Å². The van der Waals surface area contributed by atoms with Crippen molar-refractivity contribution in [1.29, 1.82) is 0 Å². The summed E-state index contributed by atoms with van der Waals surface area (Å²) in [7, 11) is 1.88. The fourth-order valence-electron chi connectivity index (χ4n) is 3.11. The van der Waals surface area contributed by atoms with Crippen molar-refractivity contribution in [3.8, 4) is 5.75 Å². The number of carbonyl (C=O) groups is 3. The molecule has 1 N–H and O–H groups in total. The third kappa shape index (κ3) is 4.58. The van der Waals surface area contributed by atoms with Crippen molar-refractivity contribution in [3.05, 3.63) is 52.2 Å². The number of nitrogens with one attached hydrogen (secondary N) is 1. The van der Waals surface area contributed by atoms with Crippen LogP contribution in [0.2, 0.25) is 0 Å². The first-order valence-electron chi connectivity index (χ1n) is 9.22. The molecule has 0 spiro atoms. The second-order valence-electron chi connectivity index (χ2n) is 6.67. The van der Waals surface area contributed by atoms with Gasteiger partial charge in [-0.25, -0.2) is 9.69 Å². The van der Waals surface area contributed by atoms with Crippen LogP contribution in [0, 0.1) is 0 Å². The van der Waals surface area contributed by atoms with Gasteiger partial charge in [-0.05, 0) is 42.6 Å². The van der Waals surface area contributed by atoms with Gasteiger partial charge in [0, 0.05) is 23.4 Å². The van der Waals surface area contributed by atoms with Crippen molar-refractivity contribution >= 4 is 29.2 Å². The lowest BCUT2D eigenvalue weighted by Crippen LogP contribution is -3.09. The van der Waals surface area contributed by atoms with Crippen molar-refractivity contribution in [2.24, 2.45) is 0 Å². The molecule has 1 saturated heterocycles. The lowest BCUT2D eigenvalue weighted by atomic mass is 10.2. The molecule has 4 amide bonds. The lowest BCUT2D eigenvalue weighted by Gasteiger charge is -2.20. The Morgan fingerprint density at radius 2 is 1.75 bits per heavy atom. The minimum absolute atomic E-state index is 0.145. The third-order valence-corrected chi connectivity index (χ3v) is 5.40. The molecule has 28 heavy (non-hydrogen) atoms. The van der Waals surface area contributed by atoms with Crippen LogP contribution in [0.3, 0.4) is 0 Å². The third-order valence-electron chi connectivity index (χ3n) is 4.47. The Balaban J connectivity index is 1.57. The number of benzene rings is 1. The van der Waals surface area contributed by atoms with Crippen molar-refractivity contribution < 1.29 is 24.0 Å². The quantitative estimate of drug-likeness (QED) is 0.505. The van der Waals surface area contributed by atoms with Crippen LogP contribution >= 0.6 is 11.3 Å². The molecule has 148 valence electrons. The number of amides is 4. The Bertz CT molecular complexity index is 836. The van der Waals surface area contributed by atoms with Crippen molar-refractivity contribution in [2.75, 3.05) is 26.9 Å². The molecule has 0 saturated carbocycles. The summed E-state index contributed by atoms with van der Waals surface area (Å²) in [6.07, 6.45) is 0.561. The Labute approximate surface area is 168 Å². The van der Waals surface area contributed by atoms with Gasteiger partial charge in [-0.15, -0.1) is 11.3 Å². The summed E-state index contributed by atoms with van der Waals surface area (Å²) in [5.74, 6) is -0.682. The number of imide groups is 2. The highest BCUT2D eigenvalue weighted by Crippen LogP contribution is 2.15. The molecule has 0 radical (unpaired) electrons. The topological polar surface area (TPSA) is 71.4 Å². The van der Waals surface area contributed by atoms with Crippen LogP contribution in [0.25, 0.3) is 0 Å². The van der Waals surface area contributed by atoms with Gasteiger partial charge in [0.1, 0.15) is 12.3 Å². The summed E-state index contributed by atoms with van der Waals surface area (Å²) < 4.78 is 5.43. The predicted molar refractivity (Wildman–Crippen MR) is 105 cm³/mol. The summed E-state index contributed by atoms with van der Waals surface area (Å²) in [5, 5.41) is 1.94. The summed E-state index contributed by atoms with van der Waals surface area (Å²) in [5.41, 5.74) is 1.06. The van der Waals surface area contributed by atoms with Gasteiger partial charge in [0.25, 0.3) is 0 Å². The Hall–Kier alpha value is -2.71. The molecule has 1 atom stereocenters. The zero-order valence-corrected chi connectivity index (χ0v) is 16.8. The van der Waals surface area contributed by atoms with Crippen molar-refractivity contribution in [1.82, 2.24) is 9.80 Å². The number of rotatable bonds is 9. The molecular weight excluding hydrogens is 378 g/mol. The van der Waals surface area contributed by atoms with Crippen LogP contribution in [0.1, 0.15) is 17.4 Å². The van der Waals surface area contributed by atoms with Crippen LogP contribution in [0.5, 0.6) is 5.75 Å². The molecule has 3 rings (SSSR count). The molecule has 1 aromatic heterocycles. The largest absolute Gasteiger partial charge is 0.494 e. The molecule has 1 aromatic carbocycles. The van der Waals surface area contributed by atoms with Gasteiger partial charge in [0.2, 0.25) is 0 Å². The van der Waals surface area contributed by atoms with Crippen LogP contribution in [0.15, 0.2) is 41.8 Å². The normalized spacial score (nSPS) is 15.4. The average molecular weight is 402 g/mol. The molecule has 1 aliphatic rings. The molecule has 2 aromatic rings. The first-order valence-corrected chi connectivity index (χ1v) is 10.1. The zero-order chi connectivity index (χ0) is 20.1. The number of urea groups is 1. The summed E-state index contributed by atoms with van der Waals surface area (Å²) >= 11 is 1.57. The van der Waals surface area contributed by atoms with Crippen LogP contribution in [-0.2, 0) is 22.6 Å². The molecule has 1 aliphatic heterocycles. The second kappa shape index (κ2) is 8.99. The molecule has 0 aliphatic carbocycles. The number of nitrogens with zero attached hydrogens (tertiary/aromatic N) is 2. The van der Waals surface area contributed by atoms with E-state index in [0.717, 1.165) is 30.9 Å². The number of ether oxygens (including phenoxy) is 1. The summed E-state index contributed by atoms with van der Waals surface area (Å²) in [6, 6.07) is 11.1. The SMILES string of the molecule is CCOc1ccc(C[NH+](C)CN2C(=O)C(=O)N(CCc3cccs3)C2=O)cc1. The van der Waals surface area contributed by atoms with Crippen molar-refractivity contribution in [3.63, 3.8) is 0 Å². The Morgan fingerprint density at radius 3 is 2.39 bits per heavy atom. The molecule has 8 heteroatoms. The number of thiophene rings is 1. The maximum atomic E-state index is 12.6. The van der Waals surface area contributed by atoms with E-state index in [9.17, 15) is 14.4 Å². The fraction of sp³-hybridized carbons (Fsp3) is 0.350. The van der Waals surface area contributed by atoms with Gasteiger partial charge < -0.3 is 9.64 Å². The van der Waals surface area contributed by atoms with Gasteiger partial charge in [-0.2, -0.15) is 0 Å². The number of carbonyl (C=O) groups excluding carboxylic acids is 3. The summed E-state index contributed by atoms with van der Waals surface area (Å²) in [6.45, 7) is 3.53. The van der Waals surface area contributed by atoms with E-state index in [1.165, 1.54) is 0 Å². The maximum Gasteiger partial charge on any atom is 0.338 e. The van der Waals surface area contributed by atoms with E-state index in [1.54, 1.807) is 11.3 Å². The first kappa shape index (κ1) is 20.0. The number of hydrogen-bond donors (Lipinski definition) is 1. The van der Waals surface area contributed by atoms with E-state index in [1.807, 2.05) is 55.7 Å². The van der Waals surface area contributed by atoms with Gasteiger partial charge >= 0.3 is 17.8 Å². The van der Waals surface area contributed by atoms with Gasteiger partial charge in [0.05, 0.1) is 13.7 Å². The summed E-state index contributed by atoms with van der Waals surface area (Å²) in [4.78, 5) is 41.2. The standard InChI is InChI=1S/C20H23N3O4S/c1-3-27-16-8-6-15(7-9-16)13-21(2)14-23-19(25)18(24)22(20(23)26)11-10-17-5-4-12-28-17/h4-9,12H,3,10-11,13-14H2,1-2H3/p+1. The minimum atomic E-state index is -0.748. The molecule has 1 unspecified atom stereocenters. The molecule has 0 bridgehead atoms. The van der Waals surface area contributed by atoms with Gasteiger partial charge in [-0.1, -0.05) is 6.07 Å². The molecule has 1 fully saturated rings. The predicted octanol–water partition coefficient (Wildman–Crippen LogP) is 1.15.